The zero-order chi connectivity index (χ0) is 15.1. The molecule has 1 saturated heterocycles. The molecule has 4 N–H and O–H groups in total. The molecule has 21 heavy (non-hydrogen) atoms. The summed E-state index contributed by atoms with van der Waals surface area (Å²) in [4.78, 5) is 14.2. The molecular formula is C16H25N3O2. The molecule has 1 fully saturated rings. The van der Waals surface area contributed by atoms with Gasteiger partial charge in [-0.25, -0.2) is 0 Å². The fourth-order valence-electron chi connectivity index (χ4n) is 2.65. The van der Waals surface area contributed by atoms with Gasteiger partial charge in [-0.05, 0) is 24.8 Å². The summed E-state index contributed by atoms with van der Waals surface area (Å²) in [5, 5.41) is 12.3. The van der Waals surface area contributed by atoms with Crippen molar-refractivity contribution in [2.75, 3.05) is 26.2 Å². The third kappa shape index (κ3) is 5.46. The number of nitrogens with zero attached hydrogens (tertiary/aromatic N) is 1. The van der Waals surface area contributed by atoms with Crippen LogP contribution in [0.25, 0.3) is 0 Å². The number of aliphatic hydroxyl groups excluding tert-OH is 1. The molecule has 1 aromatic rings. The van der Waals surface area contributed by atoms with E-state index in [9.17, 15) is 9.90 Å². The number of piperidine rings is 1. The van der Waals surface area contributed by atoms with Gasteiger partial charge in [-0.3, -0.25) is 9.69 Å². The number of hydrogen-bond donors (Lipinski definition) is 3. The zero-order valence-corrected chi connectivity index (χ0v) is 12.4. The van der Waals surface area contributed by atoms with Gasteiger partial charge < -0.3 is 16.2 Å². The summed E-state index contributed by atoms with van der Waals surface area (Å²) in [6.45, 7) is 2.08. The van der Waals surface area contributed by atoms with E-state index in [1.54, 1.807) is 0 Å². The van der Waals surface area contributed by atoms with Crippen LogP contribution in [-0.4, -0.2) is 54.2 Å². The van der Waals surface area contributed by atoms with Gasteiger partial charge >= 0.3 is 0 Å². The van der Waals surface area contributed by atoms with E-state index in [0.717, 1.165) is 31.5 Å². The lowest BCUT2D eigenvalue weighted by Gasteiger charge is -2.30. The molecule has 0 spiro atoms. The van der Waals surface area contributed by atoms with E-state index in [0.29, 0.717) is 13.0 Å². The second-order valence-corrected chi connectivity index (χ2v) is 5.75. The highest BCUT2D eigenvalue weighted by Crippen LogP contribution is 2.08. The summed E-state index contributed by atoms with van der Waals surface area (Å²) in [5.41, 5.74) is 6.97. The van der Waals surface area contributed by atoms with E-state index in [-0.39, 0.29) is 24.6 Å². The Morgan fingerprint density at radius 2 is 2.00 bits per heavy atom. The summed E-state index contributed by atoms with van der Waals surface area (Å²) in [6.07, 6.45) is 2.54. The summed E-state index contributed by atoms with van der Waals surface area (Å²) in [7, 11) is 0. The van der Waals surface area contributed by atoms with E-state index in [2.05, 4.69) is 10.2 Å². The van der Waals surface area contributed by atoms with Crippen LogP contribution < -0.4 is 11.1 Å². The number of nitrogens with two attached hydrogens (primary N) is 1. The number of carbonyl (C=O) groups excluding carboxylic acids is 1. The summed E-state index contributed by atoms with van der Waals surface area (Å²) in [6, 6.07) is 9.92. The van der Waals surface area contributed by atoms with E-state index in [1.165, 1.54) is 0 Å². The van der Waals surface area contributed by atoms with Crippen LogP contribution in [0.5, 0.6) is 0 Å². The minimum Gasteiger partial charge on any atom is -0.394 e. The SMILES string of the molecule is NC1CCN(CC(=O)NC(CO)Cc2ccccc2)CC1. The Labute approximate surface area is 126 Å². The smallest absolute Gasteiger partial charge is 0.234 e. The van der Waals surface area contributed by atoms with Gasteiger partial charge in [0.1, 0.15) is 0 Å². The maximum Gasteiger partial charge on any atom is 0.234 e. The Balaban J connectivity index is 1.77. The number of benzene rings is 1. The second-order valence-electron chi connectivity index (χ2n) is 5.75. The molecule has 116 valence electrons. The van der Waals surface area contributed by atoms with Gasteiger partial charge in [0.05, 0.1) is 19.2 Å². The van der Waals surface area contributed by atoms with Gasteiger partial charge in [0.15, 0.2) is 0 Å². The monoisotopic (exact) mass is 291 g/mol. The molecule has 1 atom stereocenters. The Kier molecular flexibility index (Phi) is 6.17. The van der Waals surface area contributed by atoms with Crippen LogP contribution in [0, 0.1) is 0 Å². The van der Waals surface area contributed by atoms with Crippen LogP contribution in [-0.2, 0) is 11.2 Å². The first kappa shape index (κ1) is 15.9. The first-order valence-corrected chi connectivity index (χ1v) is 7.59. The van der Waals surface area contributed by atoms with Gasteiger partial charge in [0.25, 0.3) is 0 Å². The van der Waals surface area contributed by atoms with Gasteiger partial charge in [-0.1, -0.05) is 30.3 Å². The number of carbonyl (C=O) groups is 1. The first-order valence-electron chi connectivity index (χ1n) is 7.59. The van der Waals surface area contributed by atoms with E-state index in [4.69, 9.17) is 5.73 Å². The minimum atomic E-state index is -0.230. The van der Waals surface area contributed by atoms with Crippen LogP contribution in [0.4, 0.5) is 0 Å². The molecule has 1 aromatic carbocycles. The average Bonchev–Trinajstić information content (AvgIpc) is 2.50. The number of rotatable bonds is 6. The Morgan fingerprint density at radius 3 is 2.62 bits per heavy atom. The predicted octanol–water partition coefficient (Wildman–Crippen LogP) is 0.129. The molecule has 1 aliphatic rings. The van der Waals surface area contributed by atoms with Gasteiger partial charge in [0.2, 0.25) is 5.91 Å². The van der Waals surface area contributed by atoms with E-state index >= 15 is 0 Å². The molecule has 0 aliphatic carbocycles. The number of hydrogen-bond acceptors (Lipinski definition) is 4. The molecule has 0 aromatic heterocycles. The predicted molar refractivity (Wildman–Crippen MR) is 82.8 cm³/mol. The normalized spacial score (nSPS) is 18.4. The number of nitrogens with one attached hydrogen (secondary N) is 1. The van der Waals surface area contributed by atoms with Crippen molar-refractivity contribution in [1.29, 1.82) is 0 Å². The van der Waals surface area contributed by atoms with Crippen molar-refractivity contribution in [3.05, 3.63) is 35.9 Å². The van der Waals surface area contributed by atoms with Gasteiger partial charge in [-0.15, -0.1) is 0 Å². The molecule has 2 rings (SSSR count). The molecule has 5 heteroatoms. The summed E-state index contributed by atoms with van der Waals surface area (Å²) < 4.78 is 0. The second kappa shape index (κ2) is 8.12. The Hall–Kier alpha value is -1.43. The minimum absolute atomic E-state index is 0.0274. The summed E-state index contributed by atoms with van der Waals surface area (Å²) >= 11 is 0. The fraction of sp³-hybridized carbons (Fsp3) is 0.562. The van der Waals surface area contributed by atoms with Crippen LogP contribution >= 0.6 is 0 Å². The Bertz CT molecular complexity index is 430. The van der Waals surface area contributed by atoms with Crippen molar-refractivity contribution in [2.24, 2.45) is 5.73 Å². The molecule has 1 unspecified atom stereocenters. The molecule has 1 amide bonds. The van der Waals surface area contributed by atoms with E-state index in [1.807, 2.05) is 30.3 Å². The molecule has 1 heterocycles. The average molecular weight is 291 g/mol. The van der Waals surface area contributed by atoms with Gasteiger partial charge in [0, 0.05) is 19.1 Å². The molecule has 0 saturated carbocycles. The van der Waals surface area contributed by atoms with Crippen molar-refractivity contribution >= 4 is 5.91 Å². The maximum absolute atomic E-state index is 12.1. The van der Waals surface area contributed by atoms with Crippen molar-refractivity contribution < 1.29 is 9.90 Å². The zero-order valence-electron chi connectivity index (χ0n) is 12.4. The number of aliphatic hydroxyl groups is 1. The van der Waals surface area contributed by atoms with Gasteiger partial charge in [-0.2, -0.15) is 0 Å². The quantitative estimate of drug-likeness (QED) is 0.696. The highest BCUT2D eigenvalue weighted by molar-refractivity contribution is 5.78. The highest BCUT2D eigenvalue weighted by Gasteiger charge is 2.19. The molecule has 0 radical (unpaired) electrons. The van der Waals surface area contributed by atoms with E-state index < -0.39 is 0 Å². The molecule has 1 aliphatic heterocycles. The van der Waals surface area contributed by atoms with Crippen molar-refractivity contribution in [3.63, 3.8) is 0 Å². The van der Waals surface area contributed by atoms with Crippen molar-refractivity contribution in [1.82, 2.24) is 10.2 Å². The molecule has 0 bridgehead atoms. The summed E-state index contributed by atoms with van der Waals surface area (Å²) in [5.74, 6) is -0.0274. The van der Waals surface area contributed by atoms with Crippen molar-refractivity contribution in [3.8, 4) is 0 Å². The largest absolute Gasteiger partial charge is 0.394 e. The maximum atomic E-state index is 12.1. The first-order chi connectivity index (χ1) is 10.2. The number of likely N-dealkylation sites (tertiary alicyclic amines) is 1. The third-order valence-corrected chi connectivity index (χ3v) is 3.91. The highest BCUT2D eigenvalue weighted by atomic mass is 16.3. The third-order valence-electron chi connectivity index (χ3n) is 3.91. The molecule has 5 nitrogen and oxygen atoms in total. The van der Waals surface area contributed by atoms with Crippen LogP contribution in [0.2, 0.25) is 0 Å². The molecular weight excluding hydrogens is 266 g/mol. The van der Waals surface area contributed by atoms with Crippen LogP contribution in [0.3, 0.4) is 0 Å². The lowest BCUT2D eigenvalue weighted by atomic mass is 10.1. The lowest BCUT2D eigenvalue weighted by Crippen LogP contribution is -2.47. The number of amides is 1. The topological polar surface area (TPSA) is 78.6 Å². The van der Waals surface area contributed by atoms with Crippen LogP contribution in [0.1, 0.15) is 18.4 Å². The van der Waals surface area contributed by atoms with Crippen LogP contribution in [0.15, 0.2) is 30.3 Å². The standard InChI is InChI=1S/C16H25N3O2/c17-14-6-8-19(9-7-14)11-16(21)18-15(12-20)10-13-4-2-1-3-5-13/h1-5,14-15,20H,6-12,17H2,(H,18,21). The fourth-order valence-corrected chi connectivity index (χ4v) is 2.65. The lowest BCUT2D eigenvalue weighted by molar-refractivity contribution is -0.123. The Morgan fingerprint density at radius 1 is 1.33 bits per heavy atom. The van der Waals surface area contributed by atoms with Crippen molar-refractivity contribution in [2.45, 2.75) is 31.3 Å².